The number of aromatic carboxylic acids is 1. The highest BCUT2D eigenvalue weighted by Crippen LogP contribution is 2.25. The van der Waals surface area contributed by atoms with Crippen molar-refractivity contribution in [3.63, 3.8) is 0 Å². The van der Waals surface area contributed by atoms with Gasteiger partial charge in [-0.2, -0.15) is 5.10 Å². The van der Waals surface area contributed by atoms with Crippen LogP contribution in [0.2, 0.25) is 0 Å². The van der Waals surface area contributed by atoms with E-state index >= 15 is 0 Å². The number of anilines is 1. The van der Waals surface area contributed by atoms with Gasteiger partial charge >= 0.3 is 12.1 Å². The van der Waals surface area contributed by atoms with Crippen LogP contribution in [0, 0.1) is 0 Å². The molecule has 27 heavy (non-hydrogen) atoms. The van der Waals surface area contributed by atoms with Gasteiger partial charge in [0, 0.05) is 24.8 Å². The van der Waals surface area contributed by atoms with Gasteiger partial charge < -0.3 is 20.5 Å². The lowest BCUT2D eigenvalue weighted by atomic mass is 10.2. The number of nitrogens with zero attached hydrogens (tertiary/aromatic N) is 5. The van der Waals surface area contributed by atoms with Crippen LogP contribution in [-0.2, 0) is 4.74 Å². The van der Waals surface area contributed by atoms with E-state index in [4.69, 9.17) is 15.6 Å². The number of carbonyl (C=O) groups is 2. The Morgan fingerprint density at radius 3 is 2.74 bits per heavy atom. The number of carboxylic acid groups (broad SMARTS) is 1. The van der Waals surface area contributed by atoms with Crippen molar-refractivity contribution in [2.75, 3.05) is 18.8 Å². The number of aromatic nitrogens is 4. The molecule has 144 valence electrons. The van der Waals surface area contributed by atoms with Crippen molar-refractivity contribution in [3.8, 4) is 11.3 Å². The lowest BCUT2D eigenvalue weighted by molar-refractivity contribution is 0.0288. The zero-order valence-corrected chi connectivity index (χ0v) is 15.4. The third-order valence-corrected chi connectivity index (χ3v) is 4.09. The van der Waals surface area contributed by atoms with E-state index < -0.39 is 11.6 Å². The fourth-order valence-corrected chi connectivity index (χ4v) is 2.81. The maximum absolute atomic E-state index is 12.2. The molecular formula is C17H22N6O4. The van der Waals surface area contributed by atoms with E-state index in [0.29, 0.717) is 24.3 Å². The van der Waals surface area contributed by atoms with Crippen molar-refractivity contribution in [1.29, 1.82) is 0 Å². The molecule has 0 spiro atoms. The maximum atomic E-state index is 12.2. The Hall–Kier alpha value is -3.17. The molecule has 1 aliphatic rings. The second-order valence-electron chi connectivity index (χ2n) is 7.37. The number of hydrogen-bond acceptors (Lipinski definition) is 7. The summed E-state index contributed by atoms with van der Waals surface area (Å²) in [6, 6.07) is 0.00644. The molecule has 0 bridgehead atoms. The molecule has 0 aromatic carbocycles. The van der Waals surface area contributed by atoms with Crippen LogP contribution in [0.3, 0.4) is 0 Å². The molecule has 10 nitrogen and oxygen atoms in total. The summed E-state index contributed by atoms with van der Waals surface area (Å²) in [5.41, 5.74) is 5.70. The van der Waals surface area contributed by atoms with Crippen LogP contribution in [0.5, 0.6) is 0 Å². The predicted octanol–water partition coefficient (Wildman–Crippen LogP) is 1.80. The first-order valence-corrected chi connectivity index (χ1v) is 8.52. The maximum Gasteiger partial charge on any atom is 0.410 e. The third-order valence-electron chi connectivity index (χ3n) is 4.09. The highest BCUT2D eigenvalue weighted by atomic mass is 16.6. The van der Waals surface area contributed by atoms with Gasteiger partial charge in [-0.1, -0.05) is 0 Å². The fourth-order valence-electron chi connectivity index (χ4n) is 2.81. The SMILES string of the molecule is CC(C)(C)OC(=O)N1CC[C@H](n2cc(-c3cnc(N)c(C(=O)O)n3)cn2)C1. The second-order valence-corrected chi connectivity index (χ2v) is 7.37. The first-order valence-electron chi connectivity index (χ1n) is 8.52. The minimum absolute atomic E-state index is 0.00644. The number of amides is 1. The molecule has 3 N–H and O–H groups in total. The molecule has 1 saturated heterocycles. The van der Waals surface area contributed by atoms with Gasteiger partial charge in [0.2, 0.25) is 0 Å². The van der Waals surface area contributed by atoms with Crippen molar-refractivity contribution in [3.05, 3.63) is 24.3 Å². The number of carboxylic acids is 1. The normalized spacial score (nSPS) is 17.1. The molecule has 3 rings (SSSR count). The number of ether oxygens (including phenoxy) is 1. The summed E-state index contributed by atoms with van der Waals surface area (Å²) >= 11 is 0. The van der Waals surface area contributed by atoms with E-state index in [2.05, 4.69) is 15.1 Å². The summed E-state index contributed by atoms with van der Waals surface area (Å²) < 4.78 is 7.15. The molecule has 1 fully saturated rings. The van der Waals surface area contributed by atoms with Crippen LogP contribution in [0.4, 0.5) is 10.6 Å². The van der Waals surface area contributed by atoms with E-state index in [1.165, 1.54) is 6.20 Å². The topological polar surface area (TPSA) is 136 Å². The number of rotatable bonds is 3. The molecule has 0 unspecified atom stereocenters. The van der Waals surface area contributed by atoms with Gasteiger partial charge in [0.25, 0.3) is 0 Å². The zero-order chi connectivity index (χ0) is 19.8. The van der Waals surface area contributed by atoms with E-state index in [-0.39, 0.29) is 23.6 Å². The summed E-state index contributed by atoms with van der Waals surface area (Å²) in [7, 11) is 0. The number of nitrogen functional groups attached to an aromatic ring is 1. The molecule has 2 aromatic rings. The Bertz CT molecular complexity index is 873. The van der Waals surface area contributed by atoms with Gasteiger partial charge in [0.05, 0.1) is 24.1 Å². The third kappa shape index (κ3) is 4.15. The van der Waals surface area contributed by atoms with Crippen molar-refractivity contribution in [2.45, 2.75) is 38.8 Å². The van der Waals surface area contributed by atoms with E-state index in [1.807, 2.05) is 20.8 Å². The molecule has 1 atom stereocenters. The van der Waals surface area contributed by atoms with Gasteiger partial charge in [-0.15, -0.1) is 0 Å². The lowest BCUT2D eigenvalue weighted by Gasteiger charge is -2.24. The molecule has 0 radical (unpaired) electrons. The quantitative estimate of drug-likeness (QED) is 0.830. The summed E-state index contributed by atoms with van der Waals surface area (Å²) in [6.45, 7) is 6.56. The molecule has 1 aliphatic heterocycles. The summed E-state index contributed by atoms with van der Waals surface area (Å²) in [5, 5.41) is 13.5. The Kier molecular flexibility index (Phi) is 4.73. The largest absolute Gasteiger partial charge is 0.476 e. The second kappa shape index (κ2) is 6.86. The first-order chi connectivity index (χ1) is 12.6. The van der Waals surface area contributed by atoms with Crippen molar-refractivity contribution in [1.82, 2.24) is 24.6 Å². The highest BCUT2D eigenvalue weighted by molar-refractivity contribution is 5.90. The monoisotopic (exact) mass is 374 g/mol. The van der Waals surface area contributed by atoms with Crippen molar-refractivity contribution >= 4 is 17.9 Å². The number of carbonyl (C=O) groups excluding carboxylic acids is 1. The van der Waals surface area contributed by atoms with Gasteiger partial charge in [-0.05, 0) is 27.2 Å². The molecule has 1 amide bonds. The van der Waals surface area contributed by atoms with Crippen LogP contribution in [0.1, 0.15) is 43.7 Å². The van der Waals surface area contributed by atoms with E-state index in [1.54, 1.807) is 22.0 Å². The number of hydrogen-bond donors (Lipinski definition) is 2. The van der Waals surface area contributed by atoms with E-state index in [9.17, 15) is 9.59 Å². The summed E-state index contributed by atoms with van der Waals surface area (Å²) in [4.78, 5) is 32.9. The van der Waals surface area contributed by atoms with Crippen LogP contribution >= 0.6 is 0 Å². The minimum Gasteiger partial charge on any atom is -0.476 e. The number of likely N-dealkylation sites (tertiary alicyclic amines) is 1. The Labute approximate surface area is 156 Å². The lowest BCUT2D eigenvalue weighted by Crippen LogP contribution is -2.35. The predicted molar refractivity (Wildman–Crippen MR) is 96.1 cm³/mol. The first kappa shape index (κ1) is 18.6. The van der Waals surface area contributed by atoms with Gasteiger partial charge in [-0.3, -0.25) is 4.68 Å². The highest BCUT2D eigenvalue weighted by Gasteiger charge is 2.31. The zero-order valence-electron chi connectivity index (χ0n) is 15.4. The van der Waals surface area contributed by atoms with Gasteiger partial charge in [-0.25, -0.2) is 19.6 Å². The molecule has 0 aliphatic carbocycles. The average molecular weight is 374 g/mol. The smallest absolute Gasteiger partial charge is 0.410 e. The van der Waals surface area contributed by atoms with Gasteiger partial charge in [0.1, 0.15) is 5.60 Å². The molecular weight excluding hydrogens is 352 g/mol. The average Bonchev–Trinajstić information content (AvgIpc) is 3.22. The van der Waals surface area contributed by atoms with Gasteiger partial charge in [0.15, 0.2) is 11.5 Å². The Morgan fingerprint density at radius 1 is 1.33 bits per heavy atom. The Morgan fingerprint density at radius 2 is 2.07 bits per heavy atom. The molecule has 3 heterocycles. The molecule has 10 heteroatoms. The van der Waals surface area contributed by atoms with Crippen molar-refractivity contribution in [2.24, 2.45) is 0 Å². The van der Waals surface area contributed by atoms with Crippen LogP contribution in [0.25, 0.3) is 11.3 Å². The van der Waals surface area contributed by atoms with Crippen LogP contribution < -0.4 is 5.73 Å². The fraction of sp³-hybridized carbons (Fsp3) is 0.471. The molecule has 2 aromatic heterocycles. The number of nitrogens with two attached hydrogens (primary N) is 1. The molecule has 0 saturated carbocycles. The Balaban J connectivity index is 1.73. The van der Waals surface area contributed by atoms with Crippen LogP contribution in [-0.4, -0.2) is 60.5 Å². The summed E-state index contributed by atoms with van der Waals surface area (Å²) in [5.74, 6) is -1.37. The standard InChI is InChI=1S/C17H22N6O4/c1-17(2,3)27-16(26)22-5-4-11(9-22)23-8-10(6-20-23)12-7-19-14(18)13(21-12)15(24)25/h6-8,11H,4-5,9H2,1-3H3,(H2,18,19)(H,24,25)/t11-/m0/s1. The van der Waals surface area contributed by atoms with Crippen molar-refractivity contribution < 1.29 is 19.4 Å². The van der Waals surface area contributed by atoms with Crippen LogP contribution in [0.15, 0.2) is 18.6 Å². The summed E-state index contributed by atoms with van der Waals surface area (Å²) in [6.07, 6.45) is 5.16. The minimum atomic E-state index is -1.24. The van der Waals surface area contributed by atoms with E-state index in [0.717, 1.165) is 6.42 Å².